The molecule has 0 spiro atoms. The van der Waals surface area contributed by atoms with Crippen LogP contribution in [-0.2, 0) is 0 Å². The summed E-state index contributed by atoms with van der Waals surface area (Å²) in [4.78, 5) is 8.63. The van der Waals surface area contributed by atoms with Crippen molar-refractivity contribution in [1.82, 2.24) is 9.97 Å². The fraction of sp³-hybridized carbons (Fsp3) is 0.0476. The molecule has 4 rings (SSSR count). The molecule has 0 saturated heterocycles. The fourth-order valence-corrected chi connectivity index (χ4v) is 3.57. The van der Waals surface area contributed by atoms with Crippen LogP contribution in [0.4, 0.5) is 5.82 Å². The van der Waals surface area contributed by atoms with Gasteiger partial charge < -0.3 is 10.4 Å². The van der Waals surface area contributed by atoms with Crippen molar-refractivity contribution in [3.63, 3.8) is 0 Å². The lowest BCUT2D eigenvalue weighted by molar-refractivity contribution is 0.471. The number of anilines is 1. The first-order chi connectivity index (χ1) is 13.1. The Morgan fingerprint density at radius 1 is 0.815 bits per heavy atom. The predicted molar refractivity (Wildman–Crippen MR) is 110 cm³/mol. The highest BCUT2D eigenvalue weighted by molar-refractivity contribution is 6.35. The summed E-state index contributed by atoms with van der Waals surface area (Å²) in [6, 6.07) is 17.9. The Labute approximate surface area is 166 Å². The maximum absolute atomic E-state index is 10.9. The third kappa shape index (κ3) is 3.42. The summed E-state index contributed by atoms with van der Waals surface area (Å²) < 4.78 is 0. The van der Waals surface area contributed by atoms with Crippen molar-refractivity contribution in [2.24, 2.45) is 0 Å². The molecule has 2 aromatic heterocycles. The van der Waals surface area contributed by atoms with Crippen LogP contribution >= 0.6 is 23.2 Å². The number of fused-ring (bicyclic) bond motifs is 1. The van der Waals surface area contributed by atoms with Gasteiger partial charge >= 0.3 is 0 Å². The lowest BCUT2D eigenvalue weighted by Gasteiger charge is -2.23. The van der Waals surface area contributed by atoms with Gasteiger partial charge in [0, 0.05) is 28.4 Å². The number of phenolic OH excluding ortho intramolecular Hbond substituents is 1. The van der Waals surface area contributed by atoms with E-state index in [9.17, 15) is 5.11 Å². The van der Waals surface area contributed by atoms with Gasteiger partial charge in [-0.2, -0.15) is 0 Å². The van der Waals surface area contributed by atoms with Crippen LogP contribution < -0.4 is 5.32 Å². The van der Waals surface area contributed by atoms with Crippen molar-refractivity contribution in [2.45, 2.75) is 6.04 Å². The van der Waals surface area contributed by atoms with E-state index in [4.69, 9.17) is 23.2 Å². The normalized spacial score (nSPS) is 12.1. The number of benzene rings is 2. The second-order valence-corrected chi connectivity index (χ2v) is 6.82. The van der Waals surface area contributed by atoms with Crippen molar-refractivity contribution in [3.8, 4) is 5.75 Å². The van der Waals surface area contributed by atoms with Crippen LogP contribution in [0.3, 0.4) is 0 Å². The maximum atomic E-state index is 10.9. The van der Waals surface area contributed by atoms with Gasteiger partial charge in [-0.25, -0.2) is 4.98 Å². The molecule has 0 aliphatic carbocycles. The minimum absolute atomic E-state index is 0.0587. The average Bonchev–Trinajstić information content (AvgIpc) is 2.71. The Bertz CT molecular complexity index is 1100. The van der Waals surface area contributed by atoms with Crippen LogP contribution in [0.5, 0.6) is 5.75 Å². The van der Waals surface area contributed by atoms with Gasteiger partial charge in [-0.05, 0) is 42.0 Å². The van der Waals surface area contributed by atoms with E-state index in [0.717, 1.165) is 5.56 Å². The summed E-state index contributed by atoms with van der Waals surface area (Å²) in [7, 11) is 0. The largest absolute Gasteiger partial charge is 0.505 e. The standard InChI is InChI=1S/C21H15Cl2N3O/c22-16-8-2-1-6-13(16)19(26-18-9-3-4-10-24-18)15-12-17(23)14-7-5-11-25-20(14)21(15)27/h1-12,19,27H,(H,24,26). The van der Waals surface area contributed by atoms with Crippen molar-refractivity contribution < 1.29 is 5.11 Å². The molecular weight excluding hydrogens is 381 g/mol. The van der Waals surface area contributed by atoms with E-state index in [1.165, 1.54) is 0 Å². The molecule has 0 bridgehead atoms. The molecule has 4 aromatic rings. The molecular formula is C21H15Cl2N3O. The number of aromatic nitrogens is 2. The highest BCUT2D eigenvalue weighted by Gasteiger charge is 2.23. The molecule has 134 valence electrons. The number of aromatic hydroxyl groups is 1. The van der Waals surface area contributed by atoms with Crippen LogP contribution in [0.2, 0.25) is 10.0 Å². The van der Waals surface area contributed by atoms with Gasteiger partial charge in [0.1, 0.15) is 17.1 Å². The first-order valence-electron chi connectivity index (χ1n) is 8.33. The highest BCUT2D eigenvalue weighted by Crippen LogP contribution is 2.41. The number of hydrogen-bond donors (Lipinski definition) is 2. The van der Waals surface area contributed by atoms with E-state index in [2.05, 4.69) is 15.3 Å². The van der Waals surface area contributed by atoms with Gasteiger partial charge in [0.2, 0.25) is 0 Å². The van der Waals surface area contributed by atoms with Crippen LogP contribution in [0, 0.1) is 0 Å². The van der Waals surface area contributed by atoms with E-state index in [0.29, 0.717) is 32.3 Å². The number of hydrogen-bond acceptors (Lipinski definition) is 4. The predicted octanol–water partition coefficient (Wildman–Crippen LogP) is 5.84. The van der Waals surface area contributed by atoms with Gasteiger partial charge in [-0.15, -0.1) is 0 Å². The summed E-state index contributed by atoms with van der Waals surface area (Å²) in [5.74, 6) is 0.711. The van der Waals surface area contributed by atoms with Crippen molar-refractivity contribution in [3.05, 3.63) is 94.2 Å². The molecule has 0 amide bonds. The highest BCUT2D eigenvalue weighted by atomic mass is 35.5. The molecule has 2 heterocycles. The maximum Gasteiger partial charge on any atom is 0.147 e. The molecule has 1 atom stereocenters. The summed E-state index contributed by atoms with van der Waals surface area (Å²) in [5, 5.41) is 16.1. The molecule has 0 aliphatic heterocycles. The Kier molecular flexibility index (Phi) is 4.84. The van der Waals surface area contributed by atoms with Crippen molar-refractivity contribution in [1.29, 1.82) is 0 Å². The summed E-state index contributed by atoms with van der Waals surface area (Å²) >= 11 is 12.9. The molecule has 0 fully saturated rings. The van der Waals surface area contributed by atoms with E-state index >= 15 is 0 Å². The van der Waals surface area contributed by atoms with Crippen molar-refractivity contribution in [2.75, 3.05) is 5.32 Å². The Morgan fingerprint density at radius 2 is 1.59 bits per heavy atom. The van der Waals surface area contributed by atoms with E-state index in [-0.39, 0.29) is 5.75 Å². The first-order valence-corrected chi connectivity index (χ1v) is 9.09. The molecule has 0 saturated carbocycles. The van der Waals surface area contributed by atoms with Gasteiger partial charge in [0.05, 0.1) is 11.1 Å². The monoisotopic (exact) mass is 395 g/mol. The number of halogens is 2. The van der Waals surface area contributed by atoms with E-state index in [1.807, 2.05) is 48.5 Å². The number of rotatable bonds is 4. The van der Waals surface area contributed by atoms with Crippen LogP contribution in [0.15, 0.2) is 73.1 Å². The second-order valence-electron chi connectivity index (χ2n) is 6.01. The third-order valence-electron chi connectivity index (χ3n) is 4.33. The fourth-order valence-electron chi connectivity index (χ4n) is 3.05. The van der Waals surface area contributed by atoms with E-state index in [1.54, 1.807) is 24.5 Å². The quantitative estimate of drug-likeness (QED) is 0.455. The number of nitrogens with one attached hydrogen (secondary N) is 1. The summed E-state index contributed by atoms with van der Waals surface area (Å²) in [6.07, 6.45) is 3.32. The molecule has 2 aromatic carbocycles. The Balaban J connectivity index is 1.92. The molecule has 6 heteroatoms. The lowest BCUT2D eigenvalue weighted by Crippen LogP contribution is -2.14. The number of nitrogens with zero attached hydrogens (tertiary/aromatic N) is 2. The zero-order valence-electron chi connectivity index (χ0n) is 14.1. The van der Waals surface area contributed by atoms with Gasteiger partial charge in [-0.1, -0.05) is 47.5 Å². The van der Waals surface area contributed by atoms with Crippen LogP contribution in [0.25, 0.3) is 10.9 Å². The first kappa shape index (κ1) is 17.6. The summed E-state index contributed by atoms with van der Waals surface area (Å²) in [5.41, 5.74) is 1.82. The van der Waals surface area contributed by atoms with Crippen LogP contribution in [-0.4, -0.2) is 15.1 Å². The van der Waals surface area contributed by atoms with Gasteiger partial charge in [-0.3, -0.25) is 4.98 Å². The summed E-state index contributed by atoms with van der Waals surface area (Å²) in [6.45, 7) is 0. The molecule has 0 radical (unpaired) electrons. The average molecular weight is 396 g/mol. The van der Waals surface area contributed by atoms with Crippen LogP contribution in [0.1, 0.15) is 17.2 Å². The molecule has 4 nitrogen and oxygen atoms in total. The SMILES string of the molecule is Oc1c(C(Nc2ccccn2)c2ccccc2Cl)cc(Cl)c2cccnc12. The minimum Gasteiger partial charge on any atom is -0.505 e. The Morgan fingerprint density at radius 3 is 2.37 bits per heavy atom. The minimum atomic E-state index is -0.461. The number of pyridine rings is 2. The zero-order valence-corrected chi connectivity index (χ0v) is 15.6. The molecule has 27 heavy (non-hydrogen) atoms. The zero-order chi connectivity index (χ0) is 18.8. The lowest BCUT2D eigenvalue weighted by atomic mass is 9.96. The molecule has 0 aliphatic rings. The second kappa shape index (κ2) is 7.43. The number of phenols is 1. The topological polar surface area (TPSA) is 58.0 Å². The van der Waals surface area contributed by atoms with Gasteiger partial charge in [0.15, 0.2) is 0 Å². The molecule has 1 unspecified atom stereocenters. The van der Waals surface area contributed by atoms with Gasteiger partial charge in [0.25, 0.3) is 0 Å². The van der Waals surface area contributed by atoms with E-state index < -0.39 is 6.04 Å². The van der Waals surface area contributed by atoms with Crippen molar-refractivity contribution >= 4 is 39.9 Å². The smallest absolute Gasteiger partial charge is 0.147 e. The third-order valence-corrected chi connectivity index (χ3v) is 4.99. The molecule has 2 N–H and O–H groups in total. The Hall–Kier alpha value is -2.82.